The summed E-state index contributed by atoms with van der Waals surface area (Å²) in [7, 11) is 0. The van der Waals surface area contributed by atoms with Crippen LogP contribution in [-0.4, -0.2) is 42.0 Å². The van der Waals surface area contributed by atoms with Gasteiger partial charge in [0.25, 0.3) is 0 Å². The molecule has 8 heteroatoms. The van der Waals surface area contributed by atoms with Gasteiger partial charge in [-0.25, -0.2) is 14.2 Å². The van der Waals surface area contributed by atoms with Gasteiger partial charge in [-0.05, 0) is 49.4 Å². The number of piperidine rings is 1. The van der Waals surface area contributed by atoms with Gasteiger partial charge in [-0.2, -0.15) is 0 Å². The maximum Gasteiger partial charge on any atom is 0.407 e. The number of rotatable bonds is 2. The summed E-state index contributed by atoms with van der Waals surface area (Å²) in [4.78, 5) is 17.8. The number of amides is 1. The first-order valence-electron chi connectivity index (χ1n) is 7.33. The molecule has 0 bridgehead atoms. The summed E-state index contributed by atoms with van der Waals surface area (Å²) in [6.45, 7) is 6.13. The molecule has 2 rings (SSSR count). The van der Waals surface area contributed by atoms with E-state index in [1.807, 2.05) is 4.90 Å². The smallest absolute Gasteiger partial charge is 0.407 e. The number of ether oxygens (including phenoxy) is 1. The predicted octanol–water partition coefficient (Wildman–Crippen LogP) is 3.78. The SMILES string of the molecule is CC(C)(C)OC(=O)N[C@H]1C[C@H](F)CN(c2cc(Cl)ncc2I)C1. The Morgan fingerprint density at radius 2 is 2.22 bits per heavy atom. The van der Waals surface area contributed by atoms with E-state index in [0.29, 0.717) is 11.7 Å². The van der Waals surface area contributed by atoms with Crippen LogP contribution in [-0.2, 0) is 4.74 Å². The minimum Gasteiger partial charge on any atom is -0.444 e. The van der Waals surface area contributed by atoms with Crippen LogP contribution < -0.4 is 10.2 Å². The van der Waals surface area contributed by atoms with Crippen molar-refractivity contribution in [1.82, 2.24) is 10.3 Å². The Kier molecular flexibility index (Phi) is 5.94. The average molecular weight is 456 g/mol. The van der Waals surface area contributed by atoms with E-state index >= 15 is 0 Å². The topological polar surface area (TPSA) is 54.5 Å². The van der Waals surface area contributed by atoms with Crippen molar-refractivity contribution < 1.29 is 13.9 Å². The zero-order valence-corrected chi connectivity index (χ0v) is 16.2. The maximum absolute atomic E-state index is 14.1. The lowest BCUT2D eigenvalue weighted by atomic mass is 10.0. The number of anilines is 1. The van der Waals surface area contributed by atoms with Gasteiger partial charge >= 0.3 is 6.09 Å². The second-order valence-electron chi connectivity index (χ2n) is 6.54. The summed E-state index contributed by atoms with van der Waals surface area (Å²) in [5.74, 6) is 0. The van der Waals surface area contributed by atoms with E-state index in [1.165, 1.54) is 0 Å². The number of carbonyl (C=O) groups is 1. The molecule has 0 saturated carbocycles. The molecule has 1 fully saturated rings. The Morgan fingerprint density at radius 1 is 1.52 bits per heavy atom. The van der Waals surface area contributed by atoms with Crippen LogP contribution in [0.4, 0.5) is 14.9 Å². The average Bonchev–Trinajstić information content (AvgIpc) is 2.38. The van der Waals surface area contributed by atoms with Crippen molar-refractivity contribution in [1.29, 1.82) is 0 Å². The second kappa shape index (κ2) is 7.38. The number of hydrogen-bond donors (Lipinski definition) is 1. The van der Waals surface area contributed by atoms with Crippen LogP contribution in [0, 0.1) is 3.57 Å². The van der Waals surface area contributed by atoms with E-state index in [2.05, 4.69) is 32.9 Å². The van der Waals surface area contributed by atoms with Crippen LogP contribution in [0.25, 0.3) is 0 Å². The Labute approximate surface area is 154 Å². The largest absolute Gasteiger partial charge is 0.444 e. The molecule has 1 aromatic heterocycles. The number of alkyl carbamates (subject to hydrolysis) is 1. The molecule has 1 aliphatic rings. The normalized spacial score (nSPS) is 21.9. The summed E-state index contributed by atoms with van der Waals surface area (Å²) in [6.07, 6.45) is 0.354. The molecule has 2 heterocycles. The zero-order chi connectivity index (χ0) is 17.2. The van der Waals surface area contributed by atoms with Gasteiger partial charge in [0.1, 0.15) is 16.9 Å². The highest BCUT2D eigenvalue weighted by molar-refractivity contribution is 14.1. The van der Waals surface area contributed by atoms with Crippen molar-refractivity contribution in [2.75, 3.05) is 18.0 Å². The van der Waals surface area contributed by atoms with Crippen molar-refractivity contribution in [2.24, 2.45) is 0 Å². The van der Waals surface area contributed by atoms with E-state index in [9.17, 15) is 9.18 Å². The standard InChI is InChI=1S/C15H20ClFIN3O2/c1-15(2,3)23-14(22)20-10-4-9(17)7-21(8-10)12-5-13(16)19-6-11(12)18/h5-6,9-10H,4,7-8H2,1-3H3,(H,20,22)/t9-,10-/m0/s1. The lowest BCUT2D eigenvalue weighted by molar-refractivity contribution is 0.0491. The molecule has 128 valence electrons. The highest BCUT2D eigenvalue weighted by atomic mass is 127. The fraction of sp³-hybridized carbons (Fsp3) is 0.600. The molecule has 1 aliphatic heterocycles. The van der Waals surface area contributed by atoms with Crippen molar-refractivity contribution >= 4 is 46.0 Å². The molecule has 1 aromatic rings. The third-order valence-corrected chi connectivity index (χ3v) is 4.30. The molecule has 0 radical (unpaired) electrons. The maximum atomic E-state index is 14.1. The number of nitrogens with one attached hydrogen (secondary N) is 1. The van der Waals surface area contributed by atoms with Crippen molar-refractivity contribution in [2.45, 2.75) is 45.0 Å². The predicted molar refractivity (Wildman–Crippen MR) is 96.8 cm³/mol. The van der Waals surface area contributed by atoms with Crippen LogP contribution in [0.15, 0.2) is 12.3 Å². The molecular weight excluding hydrogens is 436 g/mol. The summed E-state index contributed by atoms with van der Waals surface area (Å²) < 4.78 is 20.2. The first-order chi connectivity index (χ1) is 10.6. The van der Waals surface area contributed by atoms with Gasteiger partial charge in [0, 0.05) is 25.7 Å². The van der Waals surface area contributed by atoms with Crippen LogP contribution >= 0.6 is 34.2 Å². The van der Waals surface area contributed by atoms with E-state index in [4.69, 9.17) is 16.3 Å². The van der Waals surface area contributed by atoms with E-state index in [0.717, 1.165) is 9.26 Å². The minimum atomic E-state index is -1.04. The number of carbonyl (C=O) groups excluding carboxylic acids is 1. The second-order valence-corrected chi connectivity index (χ2v) is 8.09. The Morgan fingerprint density at radius 3 is 2.87 bits per heavy atom. The van der Waals surface area contributed by atoms with Crippen LogP contribution in [0.2, 0.25) is 5.15 Å². The fourth-order valence-electron chi connectivity index (χ4n) is 2.46. The van der Waals surface area contributed by atoms with Crippen molar-refractivity contribution in [3.63, 3.8) is 0 Å². The quantitative estimate of drug-likeness (QED) is 0.545. The highest BCUT2D eigenvalue weighted by Crippen LogP contribution is 2.28. The minimum absolute atomic E-state index is 0.267. The lowest BCUT2D eigenvalue weighted by Gasteiger charge is -2.37. The number of nitrogens with zero attached hydrogens (tertiary/aromatic N) is 2. The molecular formula is C15H20ClFIN3O2. The molecule has 0 spiro atoms. The molecule has 1 N–H and O–H groups in total. The molecule has 1 amide bonds. The molecule has 0 unspecified atom stereocenters. The van der Waals surface area contributed by atoms with Gasteiger partial charge in [-0.1, -0.05) is 11.6 Å². The molecule has 2 atom stereocenters. The van der Waals surface area contributed by atoms with Gasteiger partial charge in [0.05, 0.1) is 15.3 Å². The summed E-state index contributed by atoms with van der Waals surface area (Å²) in [5, 5.41) is 3.11. The van der Waals surface area contributed by atoms with E-state index in [-0.39, 0.29) is 19.0 Å². The summed E-state index contributed by atoms with van der Waals surface area (Å²) >= 11 is 8.08. The number of alkyl halides is 1. The zero-order valence-electron chi connectivity index (χ0n) is 13.3. The van der Waals surface area contributed by atoms with Gasteiger partial charge in [-0.15, -0.1) is 0 Å². The first-order valence-corrected chi connectivity index (χ1v) is 8.79. The Bertz CT molecular complexity index is 582. The van der Waals surface area contributed by atoms with Gasteiger partial charge in [0.15, 0.2) is 0 Å². The summed E-state index contributed by atoms with van der Waals surface area (Å²) in [5.41, 5.74) is 0.241. The molecule has 0 aliphatic carbocycles. The van der Waals surface area contributed by atoms with Gasteiger partial charge < -0.3 is 15.0 Å². The van der Waals surface area contributed by atoms with Crippen LogP contribution in [0.1, 0.15) is 27.2 Å². The molecule has 5 nitrogen and oxygen atoms in total. The van der Waals surface area contributed by atoms with Gasteiger partial charge in [-0.3, -0.25) is 0 Å². The lowest BCUT2D eigenvalue weighted by Crippen LogP contribution is -2.52. The van der Waals surface area contributed by atoms with Gasteiger partial charge in [0.2, 0.25) is 0 Å². The highest BCUT2D eigenvalue weighted by Gasteiger charge is 2.30. The van der Waals surface area contributed by atoms with Crippen molar-refractivity contribution in [3.8, 4) is 0 Å². The summed E-state index contributed by atoms with van der Waals surface area (Å²) in [6, 6.07) is 1.39. The first kappa shape index (κ1) is 18.5. The number of halogens is 3. The third kappa shape index (κ3) is 5.63. The van der Waals surface area contributed by atoms with Crippen molar-refractivity contribution in [3.05, 3.63) is 21.0 Å². The van der Waals surface area contributed by atoms with E-state index < -0.39 is 17.9 Å². The Hall–Kier alpha value is -0.830. The van der Waals surface area contributed by atoms with E-state index in [1.54, 1.807) is 33.0 Å². The Balaban J connectivity index is 2.07. The molecule has 23 heavy (non-hydrogen) atoms. The molecule has 1 saturated heterocycles. The number of pyridine rings is 1. The van der Waals surface area contributed by atoms with Crippen LogP contribution in [0.3, 0.4) is 0 Å². The monoisotopic (exact) mass is 455 g/mol. The molecule has 0 aromatic carbocycles. The number of aromatic nitrogens is 1. The third-order valence-electron chi connectivity index (χ3n) is 3.26. The van der Waals surface area contributed by atoms with Crippen LogP contribution in [0.5, 0.6) is 0 Å². The fourth-order valence-corrected chi connectivity index (χ4v) is 3.25. The number of hydrogen-bond acceptors (Lipinski definition) is 4.